The van der Waals surface area contributed by atoms with Crippen molar-refractivity contribution in [2.24, 2.45) is 5.92 Å². The molecule has 1 aromatic carbocycles. The minimum Gasteiger partial charge on any atom is -0.355 e. The highest BCUT2D eigenvalue weighted by Gasteiger charge is 2.27. The molecule has 1 aliphatic rings. The van der Waals surface area contributed by atoms with Crippen molar-refractivity contribution in [2.75, 3.05) is 18.0 Å². The number of aryl methyl sites for hydroxylation is 1. The third kappa shape index (κ3) is 3.85. The molecule has 1 aliphatic heterocycles. The Morgan fingerprint density at radius 1 is 1.32 bits per heavy atom. The van der Waals surface area contributed by atoms with E-state index < -0.39 is 11.6 Å². The van der Waals surface area contributed by atoms with Crippen LogP contribution < -0.4 is 10.2 Å². The van der Waals surface area contributed by atoms with Gasteiger partial charge < -0.3 is 10.2 Å². The maximum atomic E-state index is 13.8. The van der Waals surface area contributed by atoms with Crippen LogP contribution in [0.25, 0.3) is 10.1 Å². The molecular weight excluding hydrogens is 380 g/mol. The largest absolute Gasteiger partial charge is 0.355 e. The zero-order chi connectivity index (χ0) is 19.7. The maximum absolute atomic E-state index is 13.8. The predicted molar refractivity (Wildman–Crippen MR) is 107 cm³/mol. The minimum atomic E-state index is -0.644. The van der Waals surface area contributed by atoms with E-state index in [1.54, 1.807) is 11.3 Å². The van der Waals surface area contributed by atoms with Crippen molar-refractivity contribution in [1.82, 2.24) is 10.3 Å². The summed E-state index contributed by atoms with van der Waals surface area (Å²) in [5.41, 5.74) is 0.280. The predicted octanol–water partition coefficient (Wildman–Crippen LogP) is 4.42. The monoisotopic (exact) mass is 401 g/mol. The third-order valence-corrected chi connectivity index (χ3v) is 6.12. The molecule has 0 radical (unpaired) electrons. The number of piperidine rings is 1. The first kappa shape index (κ1) is 18.8. The molecule has 1 atom stereocenters. The van der Waals surface area contributed by atoms with Crippen LogP contribution in [0.1, 0.15) is 23.3 Å². The number of carbonyl (C=O) groups is 1. The summed E-state index contributed by atoms with van der Waals surface area (Å²) in [6, 6.07) is 7.55. The number of aromatic nitrogens is 1. The molecule has 0 saturated carbocycles. The molecule has 1 saturated heterocycles. The molecule has 146 valence electrons. The van der Waals surface area contributed by atoms with E-state index >= 15 is 0 Å². The second kappa shape index (κ2) is 7.83. The number of benzene rings is 1. The average Bonchev–Trinajstić information content (AvgIpc) is 3.07. The summed E-state index contributed by atoms with van der Waals surface area (Å²) in [4.78, 5) is 20.6. The van der Waals surface area contributed by atoms with E-state index in [0.717, 1.165) is 36.7 Å². The lowest BCUT2D eigenvalue weighted by Gasteiger charge is -2.33. The smallest absolute Gasteiger partial charge is 0.225 e. The summed E-state index contributed by atoms with van der Waals surface area (Å²) in [7, 11) is 0. The van der Waals surface area contributed by atoms with E-state index in [1.165, 1.54) is 21.7 Å². The summed E-state index contributed by atoms with van der Waals surface area (Å²) in [6.45, 7) is 3.57. The Morgan fingerprint density at radius 2 is 2.18 bits per heavy atom. The number of nitrogens with zero attached hydrogens (tertiary/aromatic N) is 2. The molecule has 4 rings (SSSR count). The van der Waals surface area contributed by atoms with E-state index in [9.17, 15) is 13.6 Å². The molecule has 1 fully saturated rings. The lowest BCUT2D eigenvalue weighted by molar-refractivity contribution is -0.125. The van der Waals surface area contributed by atoms with Crippen LogP contribution >= 0.6 is 11.3 Å². The SMILES string of the molecule is Cc1cc2c(N3CCC[C@H](C(=O)NCc4ccc(F)cc4F)C3)nccc2s1. The van der Waals surface area contributed by atoms with Gasteiger partial charge in [-0.3, -0.25) is 4.79 Å². The first-order valence-electron chi connectivity index (χ1n) is 9.33. The van der Waals surface area contributed by atoms with Gasteiger partial charge in [-0.05, 0) is 38.0 Å². The van der Waals surface area contributed by atoms with E-state index in [1.807, 2.05) is 12.3 Å². The van der Waals surface area contributed by atoms with Gasteiger partial charge in [0.1, 0.15) is 17.5 Å². The van der Waals surface area contributed by atoms with Crippen molar-refractivity contribution in [1.29, 1.82) is 0 Å². The Morgan fingerprint density at radius 3 is 3.00 bits per heavy atom. The van der Waals surface area contributed by atoms with Crippen LogP contribution in [0.3, 0.4) is 0 Å². The lowest BCUT2D eigenvalue weighted by Crippen LogP contribution is -2.43. The second-order valence-electron chi connectivity index (χ2n) is 7.14. The van der Waals surface area contributed by atoms with Crippen LogP contribution in [0.15, 0.2) is 36.5 Å². The third-order valence-electron chi connectivity index (χ3n) is 5.11. The zero-order valence-electron chi connectivity index (χ0n) is 15.5. The molecule has 0 bridgehead atoms. The van der Waals surface area contributed by atoms with Gasteiger partial charge in [-0.15, -0.1) is 11.3 Å². The van der Waals surface area contributed by atoms with Crippen LogP contribution in [0.4, 0.5) is 14.6 Å². The lowest BCUT2D eigenvalue weighted by atomic mass is 9.96. The van der Waals surface area contributed by atoms with Crippen molar-refractivity contribution in [3.63, 3.8) is 0 Å². The van der Waals surface area contributed by atoms with Gasteiger partial charge in [0.05, 0.1) is 5.92 Å². The number of halogens is 2. The van der Waals surface area contributed by atoms with Gasteiger partial charge in [0.15, 0.2) is 0 Å². The molecule has 28 heavy (non-hydrogen) atoms. The van der Waals surface area contributed by atoms with E-state index in [2.05, 4.69) is 28.2 Å². The second-order valence-corrected chi connectivity index (χ2v) is 8.43. The highest BCUT2D eigenvalue weighted by Crippen LogP contribution is 2.33. The quantitative estimate of drug-likeness (QED) is 0.704. The van der Waals surface area contributed by atoms with Crippen LogP contribution in [0, 0.1) is 24.5 Å². The number of hydrogen-bond acceptors (Lipinski definition) is 4. The normalized spacial score (nSPS) is 17.1. The van der Waals surface area contributed by atoms with Crippen molar-refractivity contribution >= 4 is 33.1 Å². The first-order valence-corrected chi connectivity index (χ1v) is 10.1. The number of amides is 1. The number of nitrogens with one attached hydrogen (secondary N) is 1. The minimum absolute atomic E-state index is 0.0546. The number of rotatable bonds is 4. The number of fused-ring (bicyclic) bond motifs is 1. The summed E-state index contributed by atoms with van der Waals surface area (Å²) < 4.78 is 28.0. The molecule has 1 N–H and O–H groups in total. The molecule has 2 aromatic heterocycles. The van der Waals surface area contributed by atoms with Gasteiger partial charge in [-0.1, -0.05) is 6.07 Å². The molecule has 0 unspecified atom stereocenters. The van der Waals surface area contributed by atoms with Crippen LogP contribution in [0.5, 0.6) is 0 Å². The van der Waals surface area contributed by atoms with Gasteiger partial charge in [-0.25, -0.2) is 13.8 Å². The Bertz CT molecular complexity index is 1020. The standard InChI is InChI=1S/C21H21F2N3OS/c1-13-9-17-19(28-13)6-7-24-20(17)26-8-2-3-15(12-26)21(27)25-11-14-4-5-16(22)10-18(14)23/h4-7,9-10,15H,2-3,8,11-12H2,1H3,(H,25,27)/t15-/m0/s1. The van der Waals surface area contributed by atoms with Crippen LogP contribution in [-0.2, 0) is 11.3 Å². The van der Waals surface area contributed by atoms with Gasteiger partial charge in [0, 0.05) is 52.4 Å². The van der Waals surface area contributed by atoms with Crippen LogP contribution in [-0.4, -0.2) is 24.0 Å². The highest BCUT2D eigenvalue weighted by molar-refractivity contribution is 7.19. The highest BCUT2D eigenvalue weighted by atomic mass is 32.1. The topological polar surface area (TPSA) is 45.2 Å². The molecule has 3 heterocycles. The van der Waals surface area contributed by atoms with Crippen molar-refractivity contribution < 1.29 is 13.6 Å². The van der Waals surface area contributed by atoms with Crippen molar-refractivity contribution in [3.05, 3.63) is 58.6 Å². The Hall–Kier alpha value is -2.54. The van der Waals surface area contributed by atoms with Gasteiger partial charge in [-0.2, -0.15) is 0 Å². The van der Waals surface area contributed by atoms with Crippen molar-refractivity contribution in [2.45, 2.75) is 26.3 Å². The fraction of sp³-hybridized carbons (Fsp3) is 0.333. The molecule has 0 spiro atoms. The number of thiophene rings is 1. The van der Waals surface area contributed by atoms with E-state index in [0.29, 0.717) is 6.54 Å². The molecular formula is C21H21F2N3OS. The Labute approximate surface area is 166 Å². The molecule has 3 aromatic rings. The maximum Gasteiger partial charge on any atom is 0.225 e. The van der Waals surface area contributed by atoms with E-state index in [4.69, 9.17) is 0 Å². The Kier molecular flexibility index (Phi) is 5.26. The summed E-state index contributed by atoms with van der Waals surface area (Å²) >= 11 is 1.74. The number of anilines is 1. The molecule has 7 heteroatoms. The van der Waals surface area contributed by atoms with Crippen LogP contribution in [0.2, 0.25) is 0 Å². The van der Waals surface area contributed by atoms with Crippen molar-refractivity contribution in [3.8, 4) is 0 Å². The number of hydrogen-bond donors (Lipinski definition) is 1. The molecule has 4 nitrogen and oxygen atoms in total. The average molecular weight is 401 g/mol. The van der Waals surface area contributed by atoms with Gasteiger partial charge in [0.2, 0.25) is 5.91 Å². The number of carbonyl (C=O) groups excluding carboxylic acids is 1. The summed E-state index contributed by atoms with van der Waals surface area (Å²) in [6.07, 6.45) is 3.49. The number of pyridine rings is 1. The molecule has 1 amide bonds. The Balaban J connectivity index is 1.45. The zero-order valence-corrected chi connectivity index (χ0v) is 16.4. The van der Waals surface area contributed by atoms with Gasteiger partial charge >= 0.3 is 0 Å². The summed E-state index contributed by atoms with van der Waals surface area (Å²) in [5.74, 6) is -0.643. The summed E-state index contributed by atoms with van der Waals surface area (Å²) in [5, 5.41) is 3.92. The first-order chi connectivity index (χ1) is 13.5. The fourth-order valence-corrected chi connectivity index (χ4v) is 4.62. The molecule has 0 aliphatic carbocycles. The van der Waals surface area contributed by atoms with Gasteiger partial charge in [0.25, 0.3) is 0 Å². The van der Waals surface area contributed by atoms with E-state index in [-0.39, 0.29) is 23.9 Å². The fourth-order valence-electron chi connectivity index (χ4n) is 3.70.